The molecule has 196 valence electrons. The zero-order valence-electron chi connectivity index (χ0n) is 20.1. The quantitative estimate of drug-likeness (QED) is 0.307. The third kappa shape index (κ3) is 3.38. The standard InChI is InChI=1S/C28H24O10/c29-23(17-9-11-7-15(17)21-19(11)25(31)37-27(21)33)35-13-3-1-4-14(6-2-5-13)36-24(30)18-10-12-8-16(18)22-20(12)26(32)38-28(22)34/h1-6,11-12,15-22H,7-10H2/b3-1-,4-1?,5-2?,6-2?,13-3?,13-5+,14-4?,14-6?. The molecule has 0 radical (unpaired) electrons. The van der Waals surface area contributed by atoms with Gasteiger partial charge in [-0.25, -0.2) is 0 Å². The van der Waals surface area contributed by atoms with Gasteiger partial charge in [0.25, 0.3) is 0 Å². The van der Waals surface area contributed by atoms with Crippen molar-refractivity contribution in [2.75, 3.05) is 0 Å². The van der Waals surface area contributed by atoms with E-state index in [-0.39, 0.29) is 23.7 Å². The van der Waals surface area contributed by atoms with Crippen LogP contribution < -0.4 is 0 Å². The number of hydrogen-bond acceptors (Lipinski definition) is 10. The van der Waals surface area contributed by atoms with Crippen LogP contribution in [-0.4, -0.2) is 35.8 Å². The van der Waals surface area contributed by atoms with Crippen LogP contribution in [0.1, 0.15) is 25.7 Å². The maximum atomic E-state index is 12.9. The molecular weight excluding hydrogens is 496 g/mol. The van der Waals surface area contributed by atoms with Crippen LogP contribution in [0.4, 0.5) is 0 Å². The predicted molar refractivity (Wildman–Crippen MR) is 122 cm³/mol. The van der Waals surface area contributed by atoms with E-state index in [0.29, 0.717) is 37.2 Å². The minimum atomic E-state index is -0.554. The predicted octanol–water partition coefficient (Wildman–Crippen LogP) is 1.91. The number of fused-ring (bicyclic) bond motifs is 10. The highest BCUT2D eigenvalue weighted by Gasteiger charge is 2.65. The van der Waals surface area contributed by atoms with Crippen molar-refractivity contribution >= 4 is 35.8 Å². The summed E-state index contributed by atoms with van der Waals surface area (Å²) in [6, 6.07) is 0. The van der Waals surface area contributed by atoms with Gasteiger partial charge in [-0.1, -0.05) is 12.2 Å². The van der Waals surface area contributed by atoms with Crippen LogP contribution in [-0.2, 0) is 47.7 Å². The number of ether oxygens (including phenoxy) is 4. The molecule has 0 N–H and O–H groups in total. The molecule has 0 aromatic rings. The second kappa shape index (κ2) is 8.34. The van der Waals surface area contributed by atoms with Crippen molar-refractivity contribution in [3.8, 4) is 0 Å². The Morgan fingerprint density at radius 1 is 0.605 bits per heavy atom. The maximum absolute atomic E-state index is 12.9. The Balaban J connectivity index is 0.962. The van der Waals surface area contributed by atoms with Gasteiger partial charge >= 0.3 is 35.8 Å². The van der Waals surface area contributed by atoms with Crippen molar-refractivity contribution in [2.45, 2.75) is 25.7 Å². The molecule has 10 unspecified atom stereocenters. The van der Waals surface area contributed by atoms with Gasteiger partial charge < -0.3 is 18.9 Å². The molecule has 4 bridgehead atoms. The molecule has 6 fully saturated rings. The van der Waals surface area contributed by atoms with Crippen molar-refractivity contribution in [2.24, 2.45) is 59.2 Å². The zero-order valence-corrected chi connectivity index (χ0v) is 20.1. The number of esters is 6. The normalized spacial score (nSPS) is 43.9. The minimum Gasteiger partial charge on any atom is -0.426 e. The third-order valence-electron chi connectivity index (χ3n) is 9.58. The largest absolute Gasteiger partial charge is 0.426 e. The molecule has 2 saturated heterocycles. The SMILES string of the molecule is O=C(OC1=C/C=C\C(OC(=O)C2CC3CC2C2C(=O)OC(=O)C32)=C/C=C1)C1CC2CC1C1C(=O)OC(=O)C21. The molecule has 5 aliphatic carbocycles. The summed E-state index contributed by atoms with van der Waals surface area (Å²) in [5.41, 5.74) is 0. The Hall–Kier alpha value is -3.82. The second-order valence-corrected chi connectivity index (χ2v) is 11.3. The van der Waals surface area contributed by atoms with Gasteiger partial charge in [0.15, 0.2) is 0 Å². The second-order valence-electron chi connectivity index (χ2n) is 11.3. The molecule has 2 heterocycles. The summed E-state index contributed by atoms with van der Waals surface area (Å²) in [5, 5.41) is 0. The molecule has 10 heteroatoms. The van der Waals surface area contributed by atoms with E-state index in [1.54, 1.807) is 36.5 Å². The van der Waals surface area contributed by atoms with E-state index in [1.807, 2.05) is 0 Å². The zero-order chi connectivity index (χ0) is 26.3. The van der Waals surface area contributed by atoms with Gasteiger partial charge in [0.1, 0.15) is 11.5 Å². The summed E-state index contributed by atoms with van der Waals surface area (Å²) in [5.74, 6) is -5.79. The monoisotopic (exact) mass is 520 g/mol. The summed E-state index contributed by atoms with van der Waals surface area (Å²) >= 11 is 0. The molecule has 0 aromatic carbocycles. The highest BCUT2D eigenvalue weighted by molar-refractivity contribution is 5.99. The fraction of sp³-hybridized carbons (Fsp3) is 0.500. The van der Waals surface area contributed by atoms with Gasteiger partial charge in [-0.3, -0.25) is 28.8 Å². The highest BCUT2D eigenvalue weighted by atomic mass is 16.6. The van der Waals surface area contributed by atoms with Crippen LogP contribution in [0.15, 0.2) is 48.0 Å². The molecule has 10 nitrogen and oxygen atoms in total. The molecule has 0 amide bonds. The van der Waals surface area contributed by atoms with Crippen LogP contribution >= 0.6 is 0 Å². The molecule has 7 rings (SSSR count). The smallest absolute Gasteiger partial charge is 0.317 e. The summed E-state index contributed by atoms with van der Waals surface area (Å²) in [4.78, 5) is 73.9. The lowest BCUT2D eigenvalue weighted by Crippen LogP contribution is -2.34. The van der Waals surface area contributed by atoms with Crippen LogP contribution in [0.5, 0.6) is 0 Å². The summed E-state index contributed by atoms with van der Waals surface area (Å²) < 4.78 is 20.8. The van der Waals surface area contributed by atoms with Crippen molar-refractivity contribution in [3.05, 3.63) is 48.0 Å². The van der Waals surface area contributed by atoms with Gasteiger partial charge in [0.2, 0.25) is 0 Å². The van der Waals surface area contributed by atoms with E-state index < -0.39 is 71.3 Å². The Morgan fingerprint density at radius 2 is 1.00 bits per heavy atom. The van der Waals surface area contributed by atoms with Crippen molar-refractivity contribution in [1.29, 1.82) is 0 Å². The van der Waals surface area contributed by atoms with E-state index in [0.717, 1.165) is 0 Å². The van der Waals surface area contributed by atoms with Crippen molar-refractivity contribution < 1.29 is 47.7 Å². The van der Waals surface area contributed by atoms with Crippen LogP contribution in [0, 0.1) is 59.2 Å². The number of allylic oxidation sites excluding steroid dienone is 6. The lowest BCUT2D eigenvalue weighted by atomic mass is 9.75. The molecule has 38 heavy (non-hydrogen) atoms. The Morgan fingerprint density at radius 3 is 1.42 bits per heavy atom. The van der Waals surface area contributed by atoms with Gasteiger partial charge in [-0.15, -0.1) is 0 Å². The van der Waals surface area contributed by atoms with Gasteiger partial charge in [0.05, 0.1) is 35.5 Å². The maximum Gasteiger partial charge on any atom is 0.317 e. The lowest BCUT2D eigenvalue weighted by molar-refractivity contribution is -0.156. The van der Waals surface area contributed by atoms with Crippen molar-refractivity contribution in [3.63, 3.8) is 0 Å². The Kier molecular flexibility index (Phi) is 5.12. The van der Waals surface area contributed by atoms with E-state index >= 15 is 0 Å². The fourth-order valence-corrected chi connectivity index (χ4v) is 8.16. The number of carbonyl (C=O) groups excluding carboxylic acids is 6. The number of rotatable bonds is 4. The molecule has 4 saturated carbocycles. The number of cyclic esters (lactones) is 4. The molecular formula is C28H24O10. The average Bonchev–Trinajstić information content (AvgIpc) is 3.68. The van der Waals surface area contributed by atoms with Crippen LogP contribution in [0.25, 0.3) is 0 Å². The van der Waals surface area contributed by atoms with Crippen LogP contribution in [0.2, 0.25) is 0 Å². The summed E-state index contributed by atoms with van der Waals surface area (Å²) in [7, 11) is 0. The molecule has 2 aliphatic heterocycles. The van der Waals surface area contributed by atoms with E-state index in [2.05, 4.69) is 0 Å². The first-order chi connectivity index (χ1) is 18.3. The number of hydrogen-bond donors (Lipinski definition) is 0. The molecule has 0 spiro atoms. The Labute approximate surface area is 216 Å². The lowest BCUT2D eigenvalue weighted by Gasteiger charge is -2.26. The fourth-order valence-electron chi connectivity index (χ4n) is 8.16. The van der Waals surface area contributed by atoms with Gasteiger partial charge in [0, 0.05) is 0 Å². The first-order valence-electron chi connectivity index (χ1n) is 13.0. The minimum absolute atomic E-state index is 0.0378. The molecule has 7 aliphatic rings. The van der Waals surface area contributed by atoms with Crippen LogP contribution in [0.3, 0.4) is 0 Å². The van der Waals surface area contributed by atoms with E-state index in [1.165, 1.54) is 0 Å². The van der Waals surface area contributed by atoms with Gasteiger partial charge in [-0.2, -0.15) is 0 Å². The van der Waals surface area contributed by atoms with Crippen molar-refractivity contribution in [1.82, 2.24) is 0 Å². The van der Waals surface area contributed by atoms with Gasteiger partial charge in [-0.05, 0) is 73.7 Å². The summed E-state index contributed by atoms with van der Waals surface area (Å²) in [6.07, 6.45) is 11.8. The molecule has 10 atom stereocenters. The highest BCUT2D eigenvalue weighted by Crippen LogP contribution is 2.59. The topological polar surface area (TPSA) is 139 Å². The molecule has 0 aromatic heterocycles. The van der Waals surface area contributed by atoms with E-state index in [4.69, 9.17) is 18.9 Å². The summed E-state index contributed by atoms with van der Waals surface area (Å²) in [6.45, 7) is 0. The van der Waals surface area contributed by atoms with E-state index in [9.17, 15) is 28.8 Å². The first kappa shape index (κ1) is 23.3. The average molecular weight is 520 g/mol. The Bertz CT molecular complexity index is 1220. The third-order valence-corrected chi connectivity index (χ3v) is 9.58. The first-order valence-corrected chi connectivity index (χ1v) is 13.0. The number of carbonyl (C=O) groups is 6.